The lowest BCUT2D eigenvalue weighted by molar-refractivity contribution is 0.192. The number of aliphatic hydroxyl groups excluding tert-OH is 1. The van der Waals surface area contributed by atoms with Crippen molar-refractivity contribution in [2.75, 3.05) is 6.61 Å². The van der Waals surface area contributed by atoms with Crippen molar-refractivity contribution >= 4 is 0 Å². The van der Waals surface area contributed by atoms with E-state index in [4.69, 9.17) is 11.2 Å². The molecule has 0 aliphatic carbocycles. The first-order valence-corrected chi connectivity index (χ1v) is 4.19. The van der Waals surface area contributed by atoms with Gasteiger partial charge in [0, 0.05) is 5.56 Å². The summed E-state index contributed by atoms with van der Waals surface area (Å²) in [5.41, 5.74) is 0.403. The molecule has 0 fully saturated rings. The predicted octanol–water partition coefficient (Wildman–Crippen LogP) is 1.89. The summed E-state index contributed by atoms with van der Waals surface area (Å²) in [5.74, 6) is 2.31. The Morgan fingerprint density at radius 2 is 2.36 bits per heavy atom. The minimum atomic E-state index is -0.779. The van der Waals surface area contributed by atoms with Gasteiger partial charge in [0.15, 0.2) is 0 Å². The number of rotatable bonds is 3. The molecule has 14 heavy (non-hydrogen) atoms. The van der Waals surface area contributed by atoms with Crippen LogP contribution in [-0.4, -0.2) is 11.7 Å². The lowest BCUT2D eigenvalue weighted by atomic mass is 10.1. The van der Waals surface area contributed by atoms with Crippen LogP contribution < -0.4 is 4.74 Å². The molecular formula is C11H11FO2. The van der Waals surface area contributed by atoms with Crippen molar-refractivity contribution < 1.29 is 14.2 Å². The van der Waals surface area contributed by atoms with E-state index in [1.54, 1.807) is 0 Å². The minimum absolute atomic E-state index is 0.103. The van der Waals surface area contributed by atoms with E-state index in [0.717, 1.165) is 0 Å². The molecule has 0 spiro atoms. The highest BCUT2D eigenvalue weighted by molar-refractivity contribution is 5.35. The van der Waals surface area contributed by atoms with E-state index >= 15 is 0 Å². The molecule has 1 atom stereocenters. The molecule has 0 aromatic heterocycles. The topological polar surface area (TPSA) is 29.5 Å². The fourth-order valence-electron chi connectivity index (χ4n) is 1.10. The predicted molar refractivity (Wildman–Crippen MR) is 51.4 cm³/mol. The van der Waals surface area contributed by atoms with Crippen LogP contribution in [0.2, 0.25) is 0 Å². The van der Waals surface area contributed by atoms with Crippen LogP contribution >= 0.6 is 0 Å². The number of ether oxygens (including phenoxy) is 1. The van der Waals surface area contributed by atoms with E-state index in [-0.39, 0.29) is 6.61 Å². The zero-order chi connectivity index (χ0) is 10.6. The zero-order valence-electron chi connectivity index (χ0n) is 7.83. The smallest absolute Gasteiger partial charge is 0.148 e. The van der Waals surface area contributed by atoms with Crippen molar-refractivity contribution in [3.05, 3.63) is 29.6 Å². The second-order valence-electron chi connectivity index (χ2n) is 2.85. The van der Waals surface area contributed by atoms with Crippen LogP contribution in [0, 0.1) is 18.2 Å². The van der Waals surface area contributed by atoms with Crippen molar-refractivity contribution in [3.63, 3.8) is 0 Å². The molecule has 0 amide bonds. The molecule has 0 radical (unpaired) electrons. The van der Waals surface area contributed by atoms with E-state index in [9.17, 15) is 9.50 Å². The summed E-state index contributed by atoms with van der Waals surface area (Å²) in [6, 6.07) is 3.95. The second kappa shape index (κ2) is 4.64. The molecule has 0 unspecified atom stereocenters. The minimum Gasteiger partial charge on any atom is -0.481 e. The van der Waals surface area contributed by atoms with Gasteiger partial charge in [0.2, 0.25) is 0 Å². The highest BCUT2D eigenvalue weighted by Gasteiger charge is 2.09. The van der Waals surface area contributed by atoms with Crippen LogP contribution in [0.15, 0.2) is 18.2 Å². The fourth-order valence-corrected chi connectivity index (χ4v) is 1.10. The highest BCUT2D eigenvalue weighted by Crippen LogP contribution is 2.25. The molecule has 1 rings (SSSR count). The first-order chi connectivity index (χ1) is 6.65. The zero-order valence-corrected chi connectivity index (χ0v) is 7.83. The highest BCUT2D eigenvalue weighted by atomic mass is 19.1. The van der Waals surface area contributed by atoms with Crippen molar-refractivity contribution in [1.82, 2.24) is 0 Å². The summed E-state index contributed by atoms with van der Waals surface area (Å²) >= 11 is 0. The third-order valence-electron chi connectivity index (χ3n) is 1.73. The molecule has 0 aliphatic rings. The van der Waals surface area contributed by atoms with Gasteiger partial charge in [0.05, 0.1) is 6.10 Å². The van der Waals surface area contributed by atoms with Gasteiger partial charge in [-0.25, -0.2) is 4.39 Å². The van der Waals surface area contributed by atoms with Gasteiger partial charge in [-0.05, 0) is 25.1 Å². The first-order valence-electron chi connectivity index (χ1n) is 4.19. The number of terminal acetylenes is 1. The molecule has 1 aromatic carbocycles. The quantitative estimate of drug-likeness (QED) is 0.744. The number of benzene rings is 1. The number of hydrogen-bond donors (Lipinski definition) is 1. The second-order valence-corrected chi connectivity index (χ2v) is 2.85. The van der Waals surface area contributed by atoms with E-state index in [1.807, 2.05) is 0 Å². The van der Waals surface area contributed by atoms with Crippen LogP contribution in [0.3, 0.4) is 0 Å². The maximum Gasteiger partial charge on any atom is 0.148 e. The standard InChI is InChI=1S/C11H11FO2/c1-3-6-14-11-5-4-9(12)7-10(11)8(2)13/h1,4-5,7-8,13H,6H2,2H3/t8-/m0/s1. The molecule has 1 N–H and O–H groups in total. The maximum atomic E-state index is 12.8. The summed E-state index contributed by atoms with van der Waals surface area (Å²) in [7, 11) is 0. The van der Waals surface area contributed by atoms with Crippen LogP contribution in [-0.2, 0) is 0 Å². The Kier molecular flexibility index (Phi) is 3.49. The summed E-state index contributed by atoms with van der Waals surface area (Å²) in [6.45, 7) is 1.64. The summed E-state index contributed by atoms with van der Waals surface area (Å²) in [5, 5.41) is 9.33. The third-order valence-corrected chi connectivity index (χ3v) is 1.73. The van der Waals surface area contributed by atoms with Crippen molar-refractivity contribution in [2.45, 2.75) is 13.0 Å². The summed E-state index contributed by atoms with van der Waals surface area (Å²) in [4.78, 5) is 0. The molecule has 3 heteroatoms. The largest absolute Gasteiger partial charge is 0.481 e. The molecule has 0 saturated heterocycles. The van der Waals surface area contributed by atoms with Gasteiger partial charge in [-0.2, -0.15) is 0 Å². The molecule has 0 saturated carbocycles. The number of hydrogen-bond acceptors (Lipinski definition) is 2. The van der Waals surface area contributed by atoms with E-state index < -0.39 is 11.9 Å². The molecule has 2 nitrogen and oxygen atoms in total. The monoisotopic (exact) mass is 194 g/mol. The molecule has 74 valence electrons. The Balaban J connectivity index is 2.97. The Morgan fingerprint density at radius 1 is 1.64 bits per heavy atom. The Labute approximate surface area is 82.3 Å². The average molecular weight is 194 g/mol. The maximum absolute atomic E-state index is 12.8. The van der Waals surface area contributed by atoms with E-state index in [1.165, 1.54) is 25.1 Å². The summed E-state index contributed by atoms with van der Waals surface area (Å²) < 4.78 is 18.0. The SMILES string of the molecule is C#CCOc1ccc(F)cc1[C@H](C)O. The van der Waals surface area contributed by atoms with Crippen LogP contribution in [0.25, 0.3) is 0 Å². The van der Waals surface area contributed by atoms with E-state index in [2.05, 4.69) is 5.92 Å². The number of halogens is 1. The molecule has 0 bridgehead atoms. The summed E-state index contributed by atoms with van der Waals surface area (Å²) in [6.07, 6.45) is 4.24. The van der Waals surface area contributed by atoms with Crippen molar-refractivity contribution in [2.24, 2.45) is 0 Å². The molecule has 0 heterocycles. The fraction of sp³-hybridized carbons (Fsp3) is 0.273. The lowest BCUT2D eigenvalue weighted by Gasteiger charge is -2.11. The molecule has 1 aromatic rings. The average Bonchev–Trinajstić information content (AvgIpc) is 2.15. The van der Waals surface area contributed by atoms with Gasteiger partial charge in [-0.3, -0.25) is 0 Å². The normalized spacial score (nSPS) is 11.9. The third kappa shape index (κ3) is 2.48. The number of aliphatic hydroxyl groups is 1. The molecule has 0 aliphatic heterocycles. The lowest BCUT2D eigenvalue weighted by Crippen LogP contribution is -2.01. The Bertz CT molecular complexity index is 353. The van der Waals surface area contributed by atoms with Gasteiger partial charge >= 0.3 is 0 Å². The van der Waals surface area contributed by atoms with Gasteiger partial charge in [0.1, 0.15) is 18.2 Å². The van der Waals surface area contributed by atoms with Gasteiger partial charge in [0.25, 0.3) is 0 Å². The molecular weight excluding hydrogens is 183 g/mol. The van der Waals surface area contributed by atoms with E-state index in [0.29, 0.717) is 11.3 Å². The Morgan fingerprint density at radius 3 is 2.93 bits per heavy atom. The van der Waals surface area contributed by atoms with Crippen LogP contribution in [0.1, 0.15) is 18.6 Å². The first kappa shape index (κ1) is 10.6. The van der Waals surface area contributed by atoms with Gasteiger partial charge in [-0.1, -0.05) is 5.92 Å². The van der Waals surface area contributed by atoms with Crippen LogP contribution in [0.5, 0.6) is 5.75 Å². The van der Waals surface area contributed by atoms with Crippen LogP contribution in [0.4, 0.5) is 4.39 Å². The van der Waals surface area contributed by atoms with Gasteiger partial charge < -0.3 is 9.84 Å². The van der Waals surface area contributed by atoms with Crippen molar-refractivity contribution in [1.29, 1.82) is 0 Å². The van der Waals surface area contributed by atoms with Gasteiger partial charge in [-0.15, -0.1) is 6.42 Å². The Hall–Kier alpha value is -1.53. The van der Waals surface area contributed by atoms with Crippen molar-refractivity contribution in [3.8, 4) is 18.1 Å².